The standard InChI is InChI=1S/C34H61N4O7PS2/c1-4-5-6-7-8-9-10-11-12-13-14-17-20-24-35-33(47)36-25-21-18-15-16-19-22-28-31(45-46(41,48)43-3)29(27-42-2)44-32(28)38-26-23-30(39)37-34(38)40/h16,19,23,26,28-29,31-32H,4-15,17-18,20-22,24-25,27H2,1-3H3,(H,41,48)(H2,35,36,47)(H,37,39,40)/b19-16+/t28-,29+,31?,32+,46?/m0/s1. The molecule has 2 heterocycles. The van der Waals surface area contributed by atoms with Crippen molar-refractivity contribution in [2.75, 3.05) is 33.9 Å². The van der Waals surface area contributed by atoms with Crippen LogP contribution in [0.15, 0.2) is 34.0 Å². The second-order valence-corrected chi connectivity index (χ2v) is 15.9. The van der Waals surface area contributed by atoms with Gasteiger partial charge in [0.1, 0.15) is 18.4 Å². The van der Waals surface area contributed by atoms with Crippen LogP contribution in [0.2, 0.25) is 0 Å². The Bertz CT molecular complexity index is 1210. The molecule has 1 aromatic rings. The molecule has 11 nitrogen and oxygen atoms in total. The molecular weight excluding hydrogens is 672 g/mol. The predicted octanol–water partition coefficient (Wildman–Crippen LogP) is 6.62. The highest BCUT2D eigenvalue weighted by Gasteiger charge is 2.48. The van der Waals surface area contributed by atoms with Gasteiger partial charge in [0, 0.05) is 45.5 Å². The lowest BCUT2D eigenvalue weighted by Crippen LogP contribution is -2.36. The third-order valence-electron chi connectivity index (χ3n) is 8.63. The number of nitrogens with zero attached hydrogens (tertiary/aromatic N) is 1. The van der Waals surface area contributed by atoms with Crippen molar-refractivity contribution in [2.24, 2.45) is 5.92 Å². The molecule has 0 radical (unpaired) electrons. The van der Waals surface area contributed by atoms with Gasteiger partial charge in [0.2, 0.25) is 0 Å². The van der Waals surface area contributed by atoms with Crippen LogP contribution in [0, 0.1) is 5.92 Å². The molecule has 2 rings (SSSR count). The molecule has 0 aliphatic carbocycles. The number of methoxy groups -OCH3 is 1. The normalized spacial score (nSPS) is 20.7. The third kappa shape index (κ3) is 17.5. The van der Waals surface area contributed by atoms with E-state index in [9.17, 15) is 14.5 Å². The van der Waals surface area contributed by atoms with Gasteiger partial charge in [-0.3, -0.25) is 14.3 Å². The highest BCUT2D eigenvalue weighted by atomic mass is 32.5. The average molecular weight is 733 g/mol. The molecule has 14 heteroatoms. The summed E-state index contributed by atoms with van der Waals surface area (Å²) in [6.07, 6.45) is 24.2. The van der Waals surface area contributed by atoms with E-state index in [1.807, 2.05) is 6.08 Å². The summed E-state index contributed by atoms with van der Waals surface area (Å²) in [5, 5.41) is 7.34. The maximum atomic E-state index is 12.6. The van der Waals surface area contributed by atoms with Crippen LogP contribution in [0.3, 0.4) is 0 Å². The Labute approximate surface area is 298 Å². The van der Waals surface area contributed by atoms with Crippen molar-refractivity contribution >= 4 is 35.9 Å². The first-order valence-electron chi connectivity index (χ1n) is 17.9. The van der Waals surface area contributed by atoms with Crippen LogP contribution in [0.5, 0.6) is 0 Å². The van der Waals surface area contributed by atoms with E-state index >= 15 is 0 Å². The van der Waals surface area contributed by atoms with Gasteiger partial charge in [0.25, 0.3) is 5.56 Å². The quantitative estimate of drug-likeness (QED) is 0.0337. The predicted molar refractivity (Wildman–Crippen MR) is 201 cm³/mol. The molecule has 1 aromatic heterocycles. The van der Waals surface area contributed by atoms with E-state index in [0.29, 0.717) is 11.5 Å². The summed E-state index contributed by atoms with van der Waals surface area (Å²) in [4.78, 5) is 37.0. The zero-order valence-electron chi connectivity index (χ0n) is 29.4. The van der Waals surface area contributed by atoms with Crippen LogP contribution in [-0.2, 0) is 30.3 Å². The fourth-order valence-electron chi connectivity index (χ4n) is 5.95. The molecule has 0 bridgehead atoms. The molecule has 1 fully saturated rings. The molecule has 4 N–H and O–H groups in total. The average Bonchev–Trinajstić information content (AvgIpc) is 3.37. The maximum absolute atomic E-state index is 12.6. The Morgan fingerprint density at radius 2 is 1.54 bits per heavy atom. The molecule has 1 aliphatic heterocycles. The number of nitrogens with one attached hydrogen (secondary N) is 3. The van der Waals surface area contributed by atoms with Gasteiger partial charge in [0.05, 0.1) is 6.61 Å². The first-order valence-corrected chi connectivity index (χ1v) is 20.9. The molecule has 5 atom stereocenters. The van der Waals surface area contributed by atoms with Crippen molar-refractivity contribution < 1.29 is 23.4 Å². The molecule has 276 valence electrons. The summed E-state index contributed by atoms with van der Waals surface area (Å²) in [5.41, 5.74) is -1.10. The number of unbranched alkanes of at least 4 members (excludes halogenated alkanes) is 14. The molecule has 1 saturated heterocycles. The summed E-state index contributed by atoms with van der Waals surface area (Å²) in [5.74, 6) is -0.408. The van der Waals surface area contributed by atoms with Crippen molar-refractivity contribution in [3.05, 3.63) is 45.3 Å². The van der Waals surface area contributed by atoms with Gasteiger partial charge < -0.3 is 34.0 Å². The first kappa shape index (κ1) is 42.7. The minimum atomic E-state index is -3.54. The van der Waals surface area contributed by atoms with E-state index in [-0.39, 0.29) is 6.61 Å². The molecule has 0 saturated carbocycles. The Morgan fingerprint density at radius 3 is 2.10 bits per heavy atom. The molecule has 0 spiro atoms. The second-order valence-electron chi connectivity index (χ2n) is 12.6. The van der Waals surface area contributed by atoms with Crippen LogP contribution in [0.25, 0.3) is 0 Å². The zero-order valence-corrected chi connectivity index (χ0v) is 31.9. The van der Waals surface area contributed by atoms with E-state index in [0.717, 1.165) is 38.8 Å². The number of hydrogen-bond acceptors (Lipinski definition) is 8. The molecular formula is C34H61N4O7PS2. The van der Waals surface area contributed by atoms with Gasteiger partial charge >= 0.3 is 12.4 Å². The Balaban J connectivity index is 1.65. The summed E-state index contributed by atoms with van der Waals surface area (Å²) in [6, 6.07) is 1.26. The van der Waals surface area contributed by atoms with Crippen molar-refractivity contribution in [1.82, 2.24) is 20.2 Å². The summed E-state index contributed by atoms with van der Waals surface area (Å²) in [6.45, 7) is 0.599. The number of thiocarbonyl (C=S) groups is 1. The monoisotopic (exact) mass is 732 g/mol. The van der Waals surface area contributed by atoms with E-state index < -0.39 is 42.3 Å². The molecule has 0 aromatic carbocycles. The lowest BCUT2D eigenvalue weighted by atomic mass is 9.95. The largest absolute Gasteiger partial charge is 0.382 e. The lowest BCUT2D eigenvalue weighted by molar-refractivity contribution is -0.0547. The van der Waals surface area contributed by atoms with Gasteiger partial charge in [-0.2, -0.15) is 0 Å². The Hall–Kier alpha value is -1.44. The van der Waals surface area contributed by atoms with Crippen LogP contribution >= 0.6 is 18.9 Å². The molecule has 0 amide bonds. The SMILES string of the molecule is CCCCCCCCCCCCCCCNC(=S)NCCCC/C=C/C[C@H]1C(OP(O)(=S)OC)[C@@H](COC)O[C@H]1n1ccc(=O)[nH]c1=O. The Morgan fingerprint density at radius 1 is 0.958 bits per heavy atom. The highest BCUT2D eigenvalue weighted by Crippen LogP contribution is 2.50. The first-order chi connectivity index (χ1) is 23.2. The number of allylic oxidation sites excluding steroid dienone is 2. The minimum absolute atomic E-state index is 0.154. The topological polar surface area (TPSA) is 136 Å². The fraction of sp³-hybridized carbons (Fsp3) is 0.794. The van der Waals surface area contributed by atoms with Crippen LogP contribution in [0.1, 0.15) is 122 Å². The van der Waals surface area contributed by atoms with Crippen LogP contribution < -0.4 is 21.9 Å². The fourth-order valence-corrected chi connectivity index (χ4v) is 7.14. The maximum Gasteiger partial charge on any atom is 0.330 e. The summed E-state index contributed by atoms with van der Waals surface area (Å²) >= 11 is 10.6. The second kappa shape index (κ2) is 25.5. The van der Waals surface area contributed by atoms with E-state index in [1.165, 1.54) is 108 Å². The van der Waals surface area contributed by atoms with Gasteiger partial charge in [-0.15, -0.1) is 0 Å². The van der Waals surface area contributed by atoms with Crippen LogP contribution in [0.4, 0.5) is 0 Å². The number of aromatic nitrogens is 2. The van der Waals surface area contributed by atoms with Crippen molar-refractivity contribution in [2.45, 2.75) is 135 Å². The lowest BCUT2D eigenvalue weighted by Gasteiger charge is -2.26. The molecule has 1 aliphatic rings. The highest BCUT2D eigenvalue weighted by molar-refractivity contribution is 8.07. The van der Waals surface area contributed by atoms with E-state index in [4.69, 9.17) is 42.5 Å². The summed E-state index contributed by atoms with van der Waals surface area (Å²) < 4.78 is 23.7. The number of ether oxygens (including phenoxy) is 2. The zero-order chi connectivity index (χ0) is 35.0. The number of rotatable bonds is 27. The van der Waals surface area contributed by atoms with Gasteiger partial charge in [-0.25, -0.2) is 4.79 Å². The Kier molecular flexibility index (Phi) is 22.7. The van der Waals surface area contributed by atoms with Crippen molar-refractivity contribution in [3.63, 3.8) is 0 Å². The van der Waals surface area contributed by atoms with Gasteiger partial charge in [-0.1, -0.05) is 96.1 Å². The summed E-state index contributed by atoms with van der Waals surface area (Å²) in [7, 11) is 2.82. The minimum Gasteiger partial charge on any atom is -0.382 e. The third-order valence-corrected chi connectivity index (χ3v) is 10.6. The molecule has 48 heavy (non-hydrogen) atoms. The number of aromatic amines is 1. The van der Waals surface area contributed by atoms with Crippen LogP contribution in [-0.4, -0.2) is 65.7 Å². The number of hydrogen-bond donors (Lipinski definition) is 4. The smallest absolute Gasteiger partial charge is 0.330 e. The van der Waals surface area contributed by atoms with Crippen molar-refractivity contribution in [3.8, 4) is 0 Å². The number of H-pyrrole nitrogens is 1. The van der Waals surface area contributed by atoms with E-state index in [2.05, 4.69) is 28.6 Å². The van der Waals surface area contributed by atoms with Gasteiger partial charge in [-0.05, 0) is 56.1 Å². The molecule has 2 unspecified atom stereocenters. The van der Waals surface area contributed by atoms with Gasteiger partial charge in [0.15, 0.2) is 5.11 Å². The van der Waals surface area contributed by atoms with E-state index in [1.54, 1.807) is 0 Å². The van der Waals surface area contributed by atoms with Crippen molar-refractivity contribution in [1.29, 1.82) is 0 Å².